The fraction of sp³-hybridized carbons (Fsp3) is 0.643. The fourth-order valence-corrected chi connectivity index (χ4v) is 10.1. The number of benzene rings is 1. The molecule has 1 saturated heterocycles. The second-order valence-electron chi connectivity index (χ2n) is 17.8. The summed E-state index contributed by atoms with van der Waals surface area (Å²) >= 11 is 0. The minimum Gasteiger partial charge on any atom is -0.483 e. The van der Waals surface area contributed by atoms with Crippen molar-refractivity contribution in [1.82, 2.24) is 14.6 Å². The number of hydrogen-bond acceptors (Lipinski definition) is 9. The quantitative estimate of drug-likeness (QED) is 0.251. The molecule has 1 spiro atoms. The molecule has 0 radical (unpaired) electrons. The molecule has 2 saturated carbocycles. The number of fused-ring (bicyclic) bond motifs is 5. The summed E-state index contributed by atoms with van der Waals surface area (Å²) < 4.78 is 68.7. The first-order valence-corrected chi connectivity index (χ1v) is 21.0. The van der Waals surface area contributed by atoms with Gasteiger partial charge in [-0.3, -0.25) is 23.9 Å². The Hall–Kier alpha value is -3.94. The van der Waals surface area contributed by atoms with E-state index in [9.17, 15) is 36.4 Å². The van der Waals surface area contributed by atoms with Gasteiger partial charge in [-0.05, 0) is 98.0 Å². The number of allylic oxidation sites excluding steroid dienone is 2. The first-order valence-electron chi connectivity index (χ1n) is 19.5. The van der Waals surface area contributed by atoms with Crippen LogP contribution >= 0.6 is 0 Å². The van der Waals surface area contributed by atoms with E-state index in [1.807, 2.05) is 12.2 Å². The average Bonchev–Trinajstić information content (AvgIpc) is 3.98. The lowest BCUT2D eigenvalue weighted by Crippen LogP contribution is -2.48. The van der Waals surface area contributed by atoms with Crippen molar-refractivity contribution < 1.29 is 45.9 Å². The van der Waals surface area contributed by atoms with Crippen LogP contribution in [0.1, 0.15) is 123 Å². The third-order valence-electron chi connectivity index (χ3n) is 12.3. The van der Waals surface area contributed by atoms with E-state index in [1.165, 1.54) is 4.90 Å². The van der Waals surface area contributed by atoms with Crippen molar-refractivity contribution in [3.8, 4) is 5.75 Å². The lowest BCUT2D eigenvalue weighted by Gasteiger charge is -2.36. The number of Topliss-reactive ketones (excluding diaryl/α,β-unsaturated/α-hetero) is 1. The minimum absolute atomic E-state index is 0. The van der Waals surface area contributed by atoms with Crippen LogP contribution in [-0.4, -0.2) is 70.4 Å². The van der Waals surface area contributed by atoms with E-state index in [2.05, 4.69) is 9.71 Å². The molecule has 3 aliphatic heterocycles. The summed E-state index contributed by atoms with van der Waals surface area (Å²) in [6.07, 6.45) is 8.78. The van der Waals surface area contributed by atoms with Crippen molar-refractivity contribution in [2.45, 2.75) is 148 Å². The maximum Gasteiger partial charge on any atom is 0.307 e. The van der Waals surface area contributed by atoms with Gasteiger partial charge >= 0.3 is 5.97 Å². The number of carbonyl (C=O) groups is 4. The predicted molar refractivity (Wildman–Crippen MR) is 206 cm³/mol. The van der Waals surface area contributed by atoms with Crippen molar-refractivity contribution in [2.75, 3.05) is 6.54 Å². The normalized spacial score (nSPS) is 29.4. The van der Waals surface area contributed by atoms with Gasteiger partial charge in [0.1, 0.15) is 17.0 Å². The largest absolute Gasteiger partial charge is 0.483 e. The molecule has 0 bridgehead atoms. The summed E-state index contributed by atoms with van der Waals surface area (Å²) in [7, 11) is -3.98. The number of rotatable bonds is 5. The third kappa shape index (κ3) is 7.96. The maximum atomic E-state index is 14.8. The van der Waals surface area contributed by atoms with Gasteiger partial charge in [0.2, 0.25) is 21.8 Å². The first-order chi connectivity index (χ1) is 25.8. The van der Waals surface area contributed by atoms with E-state index in [-0.39, 0.29) is 45.1 Å². The first kappa shape index (κ1) is 41.7. The molecule has 0 unspecified atom stereocenters. The second-order valence-corrected chi connectivity index (χ2v) is 20.0. The maximum absolute atomic E-state index is 14.8. The second kappa shape index (κ2) is 14.8. The van der Waals surface area contributed by atoms with Crippen LogP contribution in [0.5, 0.6) is 5.75 Å². The van der Waals surface area contributed by atoms with E-state index in [0.29, 0.717) is 79.3 Å². The molecule has 2 aliphatic carbocycles. The lowest BCUT2D eigenvalue weighted by molar-refractivity contribution is -0.159. The zero-order valence-electron chi connectivity index (χ0n) is 32.3. The van der Waals surface area contributed by atoms with Crippen LogP contribution in [-0.2, 0) is 40.4 Å². The Balaban J connectivity index is 0.00000532. The smallest absolute Gasteiger partial charge is 0.307 e. The van der Waals surface area contributed by atoms with Gasteiger partial charge in [0.15, 0.2) is 17.4 Å². The molecule has 56 heavy (non-hydrogen) atoms. The highest BCUT2D eigenvalue weighted by molar-refractivity contribution is 7.91. The van der Waals surface area contributed by atoms with Crippen LogP contribution in [0.15, 0.2) is 24.3 Å². The summed E-state index contributed by atoms with van der Waals surface area (Å²) in [6, 6.07) is 1.13. The Morgan fingerprint density at radius 3 is 2.48 bits per heavy atom. The molecule has 306 valence electrons. The molecule has 11 nitrogen and oxygen atoms in total. The average molecular weight is 800 g/mol. The van der Waals surface area contributed by atoms with E-state index < -0.39 is 72.6 Å². The number of ketones is 1. The minimum atomic E-state index is -3.98. The summed E-state index contributed by atoms with van der Waals surface area (Å²) in [5.74, 6) is -4.77. The number of nitrogens with zero attached hydrogens (tertiary/aromatic N) is 2. The molecule has 2 aromatic rings. The topological polar surface area (TPSA) is 149 Å². The zero-order valence-corrected chi connectivity index (χ0v) is 33.1. The Labute approximate surface area is 328 Å². The number of aromatic nitrogens is 1. The molecule has 2 amide bonds. The van der Waals surface area contributed by atoms with Crippen molar-refractivity contribution in [1.29, 1.82) is 0 Å². The Kier molecular flexibility index (Phi) is 11.0. The van der Waals surface area contributed by atoms with Crippen LogP contribution in [0.2, 0.25) is 0 Å². The molecule has 5 atom stereocenters. The Morgan fingerprint density at radius 2 is 1.79 bits per heavy atom. The number of amides is 2. The number of hydrogen-bond donors (Lipinski definition) is 1. The Bertz CT molecular complexity index is 2090. The van der Waals surface area contributed by atoms with E-state index in [4.69, 9.17) is 9.47 Å². The van der Waals surface area contributed by atoms with Crippen molar-refractivity contribution in [2.24, 2.45) is 17.3 Å². The van der Waals surface area contributed by atoms with E-state index >= 15 is 0 Å². The monoisotopic (exact) mass is 799 g/mol. The van der Waals surface area contributed by atoms with Gasteiger partial charge in [0.25, 0.3) is 0 Å². The highest BCUT2D eigenvalue weighted by Gasteiger charge is 2.63. The van der Waals surface area contributed by atoms with Crippen molar-refractivity contribution >= 4 is 44.5 Å². The van der Waals surface area contributed by atoms with E-state index in [0.717, 1.165) is 25.0 Å². The number of pyridine rings is 1. The number of halogens is 2. The molecule has 7 rings (SSSR count). The molecule has 1 N–H and O–H groups in total. The predicted octanol–water partition coefficient (Wildman–Crippen LogP) is 6.95. The molecule has 3 fully saturated rings. The molecule has 4 heterocycles. The van der Waals surface area contributed by atoms with Gasteiger partial charge in [-0.2, -0.15) is 0 Å². The van der Waals surface area contributed by atoms with Crippen LogP contribution in [0.4, 0.5) is 8.78 Å². The van der Waals surface area contributed by atoms with Crippen LogP contribution < -0.4 is 9.46 Å². The summed E-state index contributed by atoms with van der Waals surface area (Å²) in [5.41, 5.74) is -1.73. The number of esters is 1. The van der Waals surface area contributed by atoms with Gasteiger partial charge in [-0.1, -0.05) is 32.4 Å². The Morgan fingerprint density at radius 1 is 1.07 bits per heavy atom. The number of carbonyl (C=O) groups excluding carboxylic acids is 4. The van der Waals surface area contributed by atoms with Crippen LogP contribution in [0.25, 0.3) is 10.9 Å². The number of sulfonamides is 1. The SMILES string of the molecule is C.Cc1nc2cc(F)c(F)cc2c2c1O[C@]1(CC2)C[C@H]2C(=O)C[C@]3(C(=O)NS(=O)(=O)C4(C)CC4)C[C@H]3/C=C\CCCCC[C@H](CC(=O)OC(C)(C)C)C(=O)N2C1. The van der Waals surface area contributed by atoms with Gasteiger partial charge < -0.3 is 14.4 Å². The number of aryl methyl sites for hydroxylation is 2. The highest BCUT2D eigenvalue weighted by atomic mass is 32.2. The molecule has 1 aromatic carbocycles. The number of nitrogens with one attached hydrogen (secondary N) is 1. The molecular formula is C42H55F2N3O8S. The van der Waals surface area contributed by atoms with Crippen LogP contribution in [0.3, 0.4) is 0 Å². The van der Waals surface area contributed by atoms with Gasteiger partial charge in [0, 0.05) is 35.8 Å². The lowest BCUT2D eigenvalue weighted by atomic mass is 9.85. The molecule has 14 heteroatoms. The molecular weight excluding hydrogens is 745 g/mol. The van der Waals surface area contributed by atoms with Crippen molar-refractivity contribution in [3.63, 3.8) is 0 Å². The summed E-state index contributed by atoms with van der Waals surface area (Å²) in [6.45, 7) is 8.58. The van der Waals surface area contributed by atoms with E-state index in [1.54, 1.807) is 34.6 Å². The standard InChI is InChI=1S/C41H51F2N3O8S.CH4/c1-24-35-27(28-18-29(42)30(43)19-31(28)44-24)13-14-40(54-35)21-32-33(47)22-41(37(50)45-55(51,52)39(5)15-16-39)20-26(41)12-10-8-6-7-9-11-25(36(49)46(32)23-40)17-34(48)53-38(2,3)4;/h10,12,18-19,25-26,32H,6-9,11,13-17,20-23H2,1-5H3,(H,45,50);1H4/b12-10-;/t25-,26-,32+,40-,41-;/m1./s1. The van der Waals surface area contributed by atoms with Gasteiger partial charge in [0.05, 0.1) is 40.4 Å². The van der Waals surface area contributed by atoms with Gasteiger partial charge in [-0.25, -0.2) is 22.2 Å². The zero-order chi connectivity index (χ0) is 39.7. The summed E-state index contributed by atoms with van der Waals surface area (Å²) in [5, 5.41) is 0.419. The van der Waals surface area contributed by atoms with Gasteiger partial charge in [-0.15, -0.1) is 0 Å². The van der Waals surface area contributed by atoms with Crippen molar-refractivity contribution in [3.05, 3.63) is 47.2 Å². The highest BCUT2D eigenvalue weighted by Crippen LogP contribution is 2.58. The summed E-state index contributed by atoms with van der Waals surface area (Å²) in [4.78, 5) is 62.6. The number of ether oxygens (including phenoxy) is 2. The third-order valence-corrected chi connectivity index (χ3v) is 14.5. The van der Waals surface area contributed by atoms with Crippen LogP contribution in [0, 0.1) is 35.8 Å². The molecule has 1 aromatic heterocycles. The fourth-order valence-electron chi connectivity index (χ4n) is 8.74. The molecule has 5 aliphatic rings.